The van der Waals surface area contributed by atoms with Gasteiger partial charge in [0.15, 0.2) is 5.84 Å². The fourth-order valence-electron chi connectivity index (χ4n) is 1.62. The predicted molar refractivity (Wildman–Crippen MR) is 69.1 cm³/mol. The number of amidine groups is 1. The van der Waals surface area contributed by atoms with E-state index in [9.17, 15) is 9.90 Å². The molecule has 0 saturated carbocycles. The van der Waals surface area contributed by atoms with Crippen molar-refractivity contribution >= 4 is 11.9 Å². The zero-order valence-corrected chi connectivity index (χ0v) is 10.4. The van der Waals surface area contributed by atoms with Crippen LogP contribution < -0.4 is 11.1 Å². The van der Waals surface area contributed by atoms with Gasteiger partial charge < -0.3 is 26.5 Å². The Labute approximate surface area is 110 Å². The molecule has 1 amide bonds. The second-order valence-corrected chi connectivity index (χ2v) is 4.15. The van der Waals surface area contributed by atoms with Crippen molar-refractivity contribution in [3.05, 3.63) is 35.4 Å². The molecule has 0 spiro atoms. The molecule has 1 rings (SSSR count). The summed E-state index contributed by atoms with van der Waals surface area (Å²) >= 11 is 0. The van der Waals surface area contributed by atoms with Crippen molar-refractivity contribution in [2.24, 2.45) is 10.9 Å². The van der Waals surface area contributed by atoms with E-state index in [1.165, 1.54) is 0 Å². The van der Waals surface area contributed by atoms with E-state index in [2.05, 4.69) is 10.5 Å². The number of aliphatic hydroxyl groups excluding tert-OH is 1. The topological polar surface area (TPSA) is 128 Å². The lowest BCUT2D eigenvalue weighted by Gasteiger charge is -2.15. The van der Waals surface area contributed by atoms with Crippen LogP contribution in [0.5, 0.6) is 0 Å². The predicted octanol–water partition coefficient (Wildman–Crippen LogP) is 0.665. The van der Waals surface area contributed by atoms with Gasteiger partial charge in [-0.3, -0.25) is 0 Å². The standard InChI is InChI=1S/C12H17N3O4/c1-7(16)9-4-2-8(3-5-9)6-10(11(13)15-19)14-12(17)18/h2-5,7,10,14,16,19H,6H2,1H3,(H2,13,15)(H,17,18)/t7?,10-/m0/s1. The Morgan fingerprint density at radius 1 is 1.42 bits per heavy atom. The van der Waals surface area contributed by atoms with E-state index in [1.807, 2.05) is 0 Å². The maximum atomic E-state index is 10.6. The Morgan fingerprint density at radius 3 is 2.42 bits per heavy atom. The number of aliphatic hydroxyl groups is 1. The second-order valence-electron chi connectivity index (χ2n) is 4.15. The minimum Gasteiger partial charge on any atom is -0.465 e. The molecule has 1 aromatic rings. The number of amides is 1. The van der Waals surface area contributed by atoms with E-state index in [0.717, 1.165) is 11.1 Å². The van der Waals surface area contributed by atoms with Gasteiger partial charge in [-0.25, -0.2) is 4.79 Å². The molecule has 7 nitrogen and oxygen atoms in total. The zero-order valence-electron chi connectivity index (χ0n) is 10.4. The molecular weight excluding hydrogens is 250 g/mol. The normalized spacial score (nSPS) is 14.7. The molecule has 1 unspecified atom stereocenters. The highest BCUT2D eigenvalue weighted by Crippen LogP contribution is 2.13. The highest BCUT2D eigenvalue weighted by molar-refractivity contribution is 5.88. The summed E-state index contributed by atoms with van der Waals surface area (Å²) in [5.41, 5.74) is 6.99. The van der Waals surface area contributed by atoms with Crippen molar-refractivity contribution in [1.29, 1.82) is 0 Å². The Bertz CT molecular complexity index is 457. The Balaban J connectivity index is 2.81. The molecule has 0 aromatic heterocycles. The second kappa shape index (κ2) is 6.60. The van der Waals surface area contributed by atoms with Crippen LogP contribution in [0.2, 0.25) is 0 Å². The van der Waals surface area contributed by atoms with Crippen LogP contribution in [0.4, 0.5) is 4.79 Å². The van der Waals surface area contributed by atoms with Gasteiger partial charge in [0, 0.05) is 6.42 Å². The SMILES string of the molecule is CC(O)c1ccc(C[C@H](NC(=O)O)/C(N)=N/O)cc1. The molecule has 0 aliphatic rings. The summed E-state index contributed by atoms with van der Waals surface area (Å²) in [4.78, 5) is 10.6. The van der Waals surface area contributed by atoms with Crippen LogP contribution >= 0.6 is 0 Å². The lowest BCUT2D eigenvalue weighted by atomic mass is 10.0. The molecule has 104 valence electrons. The van der Waals surface area contributed by atoms with Crippen molar-refractivity contribution in [1.82, 2.24) is 5.32 Å². The Morgan fingerprint density at radius 2 is 2.00 bits per heavy atom. The summed E-state index contributed by atoms with van der Waals surface area (Å²) in [5.74, 6) is -0.206. The number of rotatable bonds is 5. The van der Waals surface area contributed by atoms with E-state index in [-0.39, 0.29) is 12.3 Å². The van der Waals surface area contributed by atoms with E-state index in [1.54, 1.807) is 31.2 Å². The van der Waals surface area contributed by atoms with Gasteiger partial charge in [0.25, 0.3) is 0 Å². The fraction of sp³-hybridized carbons (Fsp3) is 0.333. The number of nitrogens with two attached hydrogens (primary N) is 1. The molecule has 0 bridgehead atoms. The van der Waals surface area contributed by atoms with Crippen LogP contribution in [0, 0.1) is 0 Å². The average Bonchev–Trinajstić information content (AvgIpc) is 2.37. The van der Waals surface area contributed by atoms with Crippen LogP contribution in [0.25, 0.3) is 0 Å². The van der Waals surface area contributed by atoms with Gasteiger partial charge >= 0.3 is 6.09 Å². The van der Waals surface area contributed by atoms with Crippen LogP contribution in [-0.4, -0.2) is 33.4 Å². The summed E-state index contributed by atoms with van der Waals surface area (Å²) in [6.45, 7) is 1.65. The Kier molecular flexibility index (Phi) is 5.13. The first-order chi connectivity index (χ1) is 8.93. The number of benzene rings is 1. The van der Waals surface area contributed by atoms with E-state index >= 15 is 0 Å². The first-order valence-corrected chi connectivity index (χ1v) is 5.67. The van der Waals surface area contributed by atoms with E-state index < -0.39 is 18.2 Å². The van der Waals surface area contributed by atoms with Crippen LogP contribution in [0.1, 0.15) is 24.2 Å². The summed E-state index contributed by atoms with van der Waals surface area (Å²) in [5, 5.41) is 31.7. The van der Waals surface area contributed by atoms with Crippen molar-refractivity contribution < 1.29 is 20.2 Å². The smallest absolute Gasteiger partial charge is 0.405 e. The number of oxime groups is 1. The first-order valence-electron chi connectivity index (χ1n) is 5.67. The van der Waals surface area contributed by atoms with Crippen LogP contribution in [0.3, 0.4) is 0 Å². The van der Waals surface area contributed by atoms with Gasteiger partial charge in [-0.2, -0.15) is 0 Å². The summed E-state index contributed by atoms with van der Waals surface area (Å²) in [6, 6.07) is 6.18. The average molecular weight is 267 g/mol. The van der Waals surface area contributed by atoms with E-state index in [4.69, 9.17) is 16.0 Å². The summed E-state index contributed by atoms with van der Waals surface area (Å²) in [7, 11) is 0. The molecule has 2 atom stereocenters. The van der Waals surface area contributed by atoms with Crippen LogP contribution in [-0.2, 0) is 6.42 Å². The van der Waals surface area contributed by atoms with Gasteiger partial charge in [-0.1, -0.05) is 29.4 Å². The van der Waals surface area contributed by atoms with Crippen molar-refractivity contribution in [3.63, 3.8) is 0 Å². The maximum Gasteiger partial charge on any atom is 0.405 e. The van der Waals surface area contributed by atoms with Gasteiger partial charge in [0.2, 0.25) is 0 Å². The Hall–Kier alpha value is -2.28. The third kappa shape index (κ3) is 4.47. The van der Waals surface area contributed by atoms with Crippen molar-refractivity contribution in [3.8, 4) is 0 Å². The number of carbonyl (C=O) groups is 1. The highest BCUT2D eigenvalue weighted by Gasteiger charge is 2.17. The van der Waals surface area contributed by atoms with Gasteiger partial charge in [0.05, 0.1) is 12.1 Å². The molecule has 6 N–H and O–H groups in total. The summed E-state index contributed by atoms with van der Waals surface area (Å²) < 4.78 is 0. The summed E-state index contributed by atoms with van der Waals surface area (Å²) in [6.07, 6.45) is -1.56. The highest BCUT2D eigenvalue weighted by atomic mass is 16.4. The molecule has 7 heteroatoms. The monoisotopic (exact) mass is 267 g/mol. The quantitative estimate of drug-likeness (QED) is 0.232. The van der Waals surface area contributed by atoms with Crippen LogP contribution in [0.15, 0.2) is 29.4 Å². The number of nitrogens with one attached hydrogen (secondary N) is 1. The molecule has 0 fully saturated rings. The molecule has 1 aromatic carbocycles. The van der Waals surface area contributed by atoms with E-state index in [0.29, 0.717) is 0 Å². The molecule has 19 heavy (non-hydrogen) atoms. The lowest BCUT2D eigenvalue weighted by molar-refractivity contribution is 0.192. The largest absolute Gasteiger partial charge is 0.465 e. The fourth-order valence-corrected chi connectivity index (χ4v) is 1.62. The number of nitrogens with zero attached hydrogens (tertiary/aromatic N) is 1. The number of hydrogen-bond donors (Lipinski definition) is 5. The molecule has 0 heterocycles. The number of hydrogen-bond acceptors (Lipinski definition) is 4. The number of carboxylic acid groups (broad SMARTS) is 1. The lowest BCUT2D eigenvalue weighted by Crippen LogP contribution is -2.45. The third-order valence-corrected chi connectivity index (χ3v) is 2.67. The minimum atomic E-state index is -1.25. The first kappa shape index (κ1) is 14.8. The molecule has 0 saturated heterocycles. The van der Waals surface area contributed by atoms with Gasteiger partial charge in [0.1, 0.15) is 0 Å². The third-order valence-electron chi connectivity index (χ3n) is 2.67. The van der Waals surface area contributed by atoms with Gasteiger partial charge in [-0.05, 0) is 18.1 Å². The van der Waals surface area contributed by atoms with Crippen molar-refractivity contribution in [2.75, 3.05) is 0 Å². The van der Waals surface area contributed by atoms with Gasteiger partial charge in [-0.15, -0.1) is 0 Å². The maximum absolute atomic E-state index is 10.6. The molecule has 0 aliphatic carbocycles. The molecule has 0 radical (unpaired) electrons. The minimum absolute atomic E-state index is 0.206. The zero-order chi connectivity index (χ0) is 14.4. The molecular formula is C12H17N3O4. The van der Waals surface area contributed by atoms with Crippen molar-refractivity contribution in [2.45, 2.75) is 25.5 Å². The molecule has 0 aliphatic heterocycles.